The van der Waals surface area contributed by atoms with E-state index in [2.05, 4.69) is 5.32 Å². The van der Waals surface area contributed by atoms with Crippen LogP contribution in [0.5, 0.6) is 0 Å². The van der Waals surface area contributed by atoms with Crippen LogP contribution in [0.25, 0.3) is 0 Å². The molecule has 1 aliphatic carbocycles. The lowest BCUT2D eigenvalue weighted by atomic mass is 9.93. The number of nitrogens with one attached hydrogen (secondary N) is 1. The summed E-state index contributed by atoms with van der Waals surface area (Å²) in [5.74, 6) is -0.0633. The third-order valence-electron chi connectivity index (χ3n) is 4.75. The highest BCUT2D eigenvalue weighted by atomic mass is 16.5. The van der Waals surface area contributed by atoms with Crippen molar-refractivity contribution < 1.29 is 14.3 Å². The average molecular weight is 302 g/mol. The molecule has 0 radical (unpaired) electrons. The molecule has 3 rings (SSSR count). The number of amides is 2. The zero-order valence-electron chi connectivity index (χ0n) is 13.1. The Morgan fingerprint density at radius 1 is 1.23 bits per heavy atom. The van der Waals surface area contributed by atoms with Crippen LogP contribution in [0.15, 0.2) is 30.3 Å². The first-order valence-corrected chi connectivity index (χ1v) is 7.73. The van der Waals surface area contributed by atoms with Crippen LogP contribution in [0.3, 0.4) is 0 Å². The summed E-state index contributed by atoms with van der Waals surface area (Å²) in [6.45, 7) is 2.98. The maximum Gasteiger partial charge on any atom is 0.253 e. The van der Waals surface area contributed by atoms with Crippen LogP contribution in [0.4, 0.5) is 0 Å². The molecule has 0 unspecified atom stereocenters. The number of nitrogens with zero attached hydrogens (tertiary/aromatic N) is 1. The number of ether oxygens (including phenoxy) is 1. The normalized spacial score (nSPS) is 26.4. The van der Waals surface area contributed by atoms with E-state index in [1.54, 1.807) is 18.9 Å². The van der Waals surface area contributed by atoms with E-state index >= 15 is 0 Å². The predicted octanol–water partition coefficient (Wildman–Crippen LogP) is 1.08. The van der Waals surface area contributed by atoms with E-state index in [1.165, 1.54) is 0 Å². The summed E-state index contributed by atoms with van der Waals surface area (Å²) < 4.78 is 5.63. The van der Waals surface area contributed by atoms with E-state index in [0.717, 1.165) is 18.4 Å². The first-order valence-electron chi connectivity index (χ1n) is 7.73. The number of hydrogen-bond acceptors (Lipinski definition) is 3. The molecule has 2 amide bonds. The molecule has 1 saturated carbocycles. The summed E-state index contributed by atoms with van der Waals surface area (Å²) in [6.07, 6.45) is 1.76. The van der Waals surface area contributed by atoms with Gasteiger partial charge < -0.3 is 15.0 Å². The SMILES string of the molecule is CNC(=O)[C@@]1(C)CN(C(=O)C2(c3ccccc3)CC2)CCO1. The van der Waals surface area contributed by atoms with Gasteiger partial charge in [0, 0.05) is 13.6 Å². The summed E-state index contributed by atoms with van der Waals surface area (Å²) in [6, 6.07) is 9.93. The van der Waals surface area contributed by atoms with E-state index < -0.39 is 5.60 Å². The molecule has 1 heterocycles. The molecule has 2 fully saturated rings. The lowest BCUT2D eigenvalue weighted by Crippen LogP contribution is -2.60. The largest absolute Gasteiger partial charge is 0.362 e. The topological polar surface area (TPSA) is 58.6 Å². The first-order chi connectivity index (χ1) is 10.5. The van der Waals surface area contributed by atoms with Crippen molar-refractivity contribution in [1.82, 2.24) is 10.2 Å². The van der Waals surface area contributed by atoms with Crippen molar-refractivity contribution in [3.05, 3.63) is 35.9 Å². The second-order valence-electron chi connectivity index (χ2n) is 6.33. The molecule has 0 bridgehead atoms. The lowest BCUT2D eigenvalue weighted by molar-refractivity contribution is -0.163. The van der Waals surface area contributed by atoms with Gasteiger partial charge in [-0.25, -0.2) is 0 Å². The highest BCUT2D eigenvalue weighted by Gasteiger charge is 2.54. The van der Waals surface area contributed by atoms with Gasteiger partial charge in [-0.1, -0.05) is 30.3 Å². The molecular formula is C17H22N2O3. The first kappa shape index (κ1) is 15.0. The zero-order chi connectivity index (χ0) is 15.8. The third-order valence-corrected chi connectivity index (χ3v) is 4.75. The van der Waals surface area contributed by atoms with Gasteiger partial charge in [-0.3, -0.25) is 9.59 Å². The number of morpholine rings is 1. The van der Waals surface area contributed by atoms with Crippen LogP contribution in [0.2, 0.25) is 0 Å². The summed E-state index contributed by atoms with van der Waals surface area (Å²) in [4.78, 5) is 26.8. The van der Waals surface area contributed by atoms with Gasteiger partial charge in [0.25, 0.3) is 5.91 Å². The molecule has 1 N–H and O–H groups in total. The number of rotatable bonds is 3. The standard InChI is InChI=1S/C17H22N2O3/c1-16(14(20)18-2)12-19(10-11-22-16)15(21)17(8-9-17)13-6-4-3-5-7-13/h3-7H,8-12H2,1-2H3,(H,18,20)/t16-/m1/s1. The van der Waals surface area contributed by atoms with Gasteiger partial charge in [0.1, 0.15) is 0 Å². The Hall–Kier alpha value is -1.88. The number of benzene rings is 1. The lowest BCUT2D eigenvalue weighted by Gasteiger charge is -2.40. The molecule has 2 aliphatic rings. The molecule has 1 aliphatic heterocycles. The molecule has 118 valence electrons. The Morgan fingerprint density at radius 3 is 2.50 bits per heavy atom. The minimum atomic E-state index is -0.963. The number of carbonyl (C=O) groups excluding carboxylic acids is 2. The molecule has 0 aromatic heterocycles. The van der Waals surface area contributed by atoms with Crippen molar-refractivity contribution in [1.29, 1.82) is 0 Å². The van der Waals surface area contributed by atoms with Crippen LogP contribution in [0, 0.1) is 0 Å². The minimum absolute atomic E-state index is 0.122. The summed E-state index contributed by atoms with van der Waals surface area (Å²) in [5, 5.41) is 2.62. The van der Waals surface area contributed by atoms with Gasteiger partial charge >= 0.3 is 0 Å². The second kappa shape index (κ2) is 5.39. The fourth-order valence-electron chi connectivity index (χ4n) is 3.26. The van der Waals surface area contributed by atoms with Crippen LogP contribution in [-0.2, 0) is 19.7 Å². The molecule has 5 nitrogen and oxygen atoms in total. The van der Waals surface area contributed by atoms with Gasteiger partial charge in [0.05, 0.1) is 18.6 Å². The molecule has 1 aromatic rings. The van der Waals surface area contributed by atoms with Crippen molar-refractivity contribution in [2.75, 3.05) is 26.7 Å². The van der Waals surface area contributed by atoms with Crippen molar-refractivity contribution in [3.63, 3.8) is 0 Å². The molecular weight excluding hydrogens is 280 g/mol. The smallest absolute Gasteiger partial charge is 0.253 e. The summed E-state index contributed by atoms with van der Waals surface area (Å²) in [5.41, 5.74) is -0.273. The van der Waals surface area contributed by atoms with Crippen molar-refractivity contribution in [2.24, 2.45) is 0 Å². The summed E-state index contributed by atoms with van der Waals surface area (Å²) >= 11 is 0. The zero-order valence-corrected chi connectivity index (χ0v) is 13.1. The fourth-order valence-corrected chi connectivity index (χ4v) is 3.26. The van der Waals surface area contributed by atoms with Gasteiger partial charge in [-0.05, 0) is 25.3 Å². The number of carbonyl (C=O) groups is 2. The van der Waals surface area contributed by atoms with E-state index in [0.29, 0.717) is 19.7 Å². The molecule has 0 spiro atoms. The van der Waals surface area contributed by atoms with Gasteiger partial charge in [0.15, 0.2) is 5.60 Å². The van der Waals surface area contributed by atoms with E-state index in [1.807, 2.05) is 30.3 Å². The molecule has 1 saturated heterocycles. The monoisotopic (exact) mass is 302 g/mol. The molecule has 22 heavy (non-hydrogen) atoms. The predicted molar refractivity (Wildman–Crippen MR) is 82.4 cm³/mol. The highest BCUT2D eigenvalue weighted by Crippen LogP contribution is 2.49. The molecule has 1 atom stereocenters. The Bertz CT molecular complexity index is 583. The van der Waals surface area contributed by atoms with Crippen LogP contribution < -0.4 is 5.32 Å². The van der Waals surface area contributed by atoms with Gasteiger partial charge in [0.2, 0.25) is 5.91 Å². The minimum Gasteiger partial charge on any atom is -0.362 e. The average Bonchev–Trinajstić information content (AvgIpc) is 3.36. The maximum atomic E-state index is 13.0. The second-order valence-corrected chi connectivity index (χ2v) is 6.33. The van der Waals surface area contributed by atoms with Gasteiger partial charge in [-0.15, -0.1) is 0 Å². The fraction of sp³-hybridized carbons (Fsp3) is 0.529. The van der Waals surface area contributed by atoms with Crippen LogP contribution in [-0.4, -0.2) is 49.1 Å². The molecule has 5 heteroatoms. The molecule has 1 aromatic carbocycles. The van der Waals surface area contributed by atoms with E-state index in [-0.39, 0.29) is 17.2 Å². The van der Waals surface area contributed by atoms with Gasteiger partial charge in [-0.2, -0.15) is 0 Å². The summed E-state index contributed by atoms with van der Waals surface area (Å²) in [7, 11) is 1.59. The van der Waals surface area contributed by atoms with E-state index in [9.17, 15) is 9.59 Å². The van der Waals surface area contributed by atoms with Crippen molar-refractivity contribution >= 4 is 11.8 Å². The third kappa shape index (κ3) is 2.39. The quantitative estimate of drug-likeness (QED) is 0.909. The van der Waals surface area contributed by atoms with Crippen LogP contribution >= 0.6 is 0 Å². The Morgan fingerprint density at radius 2 is 1.91 bits per heavy atom. The Kier molecular flexibility index (Phi) is 3.68. The highest BCUT2D eigenvalue weighted by molar-refractivity contribution is 5.92. The van der Waals surface area contributed by atoms with Crippen molar-refractivity contribution in [3.8, 4) is 0 Å². The van der Waals surface area contributed by atoms with Crippen molar-refractivity contribution in [2.45, 2.75) is 30.8 Å². The van der Waals surface area contributed by atoms with Crippen LogP contribution in [0.1, 0.15) is 25.3 Å². The maximum absolute atomic E-state index is 13.0. The number of likely N-dealkylation sites (N-methyl/N-ethyl adjacent to an activating group) is 1. The number of hydrogen-bond donors (Lipinski definition) is 1. The Labute approximate surface area is 130 Å². The Balaban J connectivity index is 1.80. The van der Waals surface area contributed by atoms with E-state index in [4.69, 9.17) is 4.74 Å².